The Morgan fingerprint density at radius 3 is 2.65 bits per heavy atom. The molecule has 0 bridgehead atoms. The maximum Gasteiger partial charge on any atom is 0.254 e. The first-order valence-corrected chi connectivity index (χ1v) is 7.94. The number of carbonyl (C=O) groups is 1. The average Bonchev–Trinajstić information content (AvgIpc) is 2.47. The van der Waals surface area contributed by atoms with E-state index in [1.54, 1.807) is 6.07 Å². The molecule has 1 aliphatic rings. The predicted octanol–water partition coefficient (Wildman–Crippen LogP) is 3.66. The number of methoxy groups -OCH3 is 1. The minimum absolute atomic E-state index is 0.0664. The minimum atomic E-state index is -0.553. The summed E-state index contributed by atoms with van der Waals surface area (Å²) in [7, 11) is 1.47. The molecule has 2 rings (SSSR count). The predicted molar refractivity (Wildman–Crippen MR) is 80.0 cm³/mol. The molecule has 0 aromatic heterocycles. The van der Waals surface area contributed by atoms with Crippen LogP contribution in [0.25, 0.3) is 0 Å². The Hall–Kier alpha value is -1.10. The van der Waals surface area contributed by atoms with E-state index in [4.69, 9.17) is 4.74 Å². The van der Waals surface area contributed by atoms with Crippen molar-refractivity contribution in [2.24, 2.45) is 0 Å². The Morgan fingerprint density at radius 1 is 1.40 bits per heavy atom. The van der Waals surface area contributed by atoms with Crippen LogP contribution < -0.4 is 10.1 Å². The summed E-state index contributed by atoms with van der Waals surface area (Å²) in [4.78, 5) is 12.3. The van der Waals surface area contributed by atoms with Crippen molar-refractivity contribution in [2.75, 3.05) is 12.4 Å². The summed E-state index contributed by atoms with van der Waals surface area (Å²) in [6, 6.07) is 4.30. The number of nitrogens with one attached hydrogen (secondary N) is 1. The minimum Gasteiger partial charge on any atom is -0.497 e. The van der Waals surface area contributed by atoms with E-state index in [-0.39, 0.29) is 17.0 Å². The highest BCUT2D eigenvalue weighted by atomic mass is 79.9. The highest BCUT2D eigenvalue weighted by Gasteiger charge is 2.33. The summed E-state index contributed by atoms with van der Waals surface area (Å²) < 4.78 is 18.9. The first-order chi connectivity index (χ1) is 9.60. The third kappa shape index (κ3) is 3.32. The molecule has 1 N–H and O–H groups in total. The van der Waals surface area contributed by atoms with Crippen LogP contribution in [0.3, 0.4) is 0 Å². The molecule has 0 radical (unpaired) electrons. The van der Waals surface area contributed by atoms with E-state index in [1.807, 2.05) is 0 Å². The van der Waals surface area contributed by atoms with Gasteiger partial charge in [-0.15, -0.1) is 0 Å². The Bertz CT molecular complexity index is 487. The lowest BCUT2D eigenvalue weighted by Crippen LogP contribution is -2.51. The third-order valence-electron chi connectivity index (χ3n) is 3.87. The molecule has 110 valence electrons. The van der Waals surface area contributed by atoms with Gasteiger partial charge in [-0.25, -0.2) is 4.39 Å². The maximum atomic E-state index is 13.9. The molecule has 5 heteroatoms. The van der Waals surface area contributed by atoms with Crippen LogP contribution in [-0.2, 0) is 0 Å². The summed E-state index contributed by atoms with van der Waals surface area (Å²) >= 11 is 3.48. The van der Waals surface area contributed by atoms with Gasteiger partial charge in [-0.3, -0.25) is 4.79 Å². The molecule has 1 aromatic rings. The van der Waals surface area contributed by atoms with Gasteiger partial charge in [0.2, 0.25) is 0 Å². The second-order valence-corrected chi connectivity index (χ2v) is 5.84. The van der Waals surface area contributed by atoms with Crippen LogP contribution in [0.4, 0.5) is 4.39 Å². The molecule has 0 heterocycles. The van der Waals surface area contributed by atoms with E-state index in [0.29, 0.717) is 11.1 Å². The number of amides is 1. The standard InChI is InChI=1S/C15H19BrFNO2/c1-20-11-5-6-12(13(17)9-11)14(19)18-15(10-16)7-3-2-4-8-15/h5-6,9H,2-4,7-8,10H2,1H3,(H,18,19). The summed E-state index contributed by atoms with van der Waals surface area (Å²) in [6.45, 7) is 0. The quantitative estimate of drug-likeness (QED) is 0.847. The van der Waals surface area contributed by atoms with Gasteiger partial charge in [0.25, 0.3) is 5.91 Å². The van der Waals surface area contributed by atoms with Gasteiger partial charge in [0.1, 0.15) is 11.6 Å². The summed E-state index contributed by atoms with van der Waals surface area (Å²) in [6.07, 6.45) is 5.25. The molecule has 0 saturated heterocycles. The van der Waals surface area contributed by atoms with E-state index in [2.05, 4.69) is 21.2 Å². The SMILES string of the molecule is COc1ccc(C(=O)NC2(CBr)CCCCC2)c(F)c1. The topological polar surface area (TPSA) is 38.3 Å². The van der Waals surface area contributed by atoms with Crippen LogP contribution in [0.1, 0.15) is 42.5 Å². The zero-order chi connectivity index (χ0) is 14.6. The van der Waals surface area contributed by atoms with Crippen LogP contribution in [0.2, 0.25) is 0 Å². The number of halogens is 2. The number of hydrogen-bond acceptors (Lipinski definition) is 2. The zero-order valence-electron chi connectivity index (χ0n) is 11.5. The van der Waals surface area contributed by atoms with E-state index >= 15 is 0 Å². The number of benzene rings is 1. The van der Waals surface area contributed by atoms with Crippen molar-refractivity contribution < 1.29 is 13.9 Å². The van der Waals surface area contributed by atoms with E-state index < -0.39 is 5.82 Å². The van der Waals surface area contributed by atoms with Crippen molar-refractivity contribution in [1.29, 1.82) is 0 Å². The molecule has 1 saturated carbocycles. The molecule has 0 aliphatic heterocycles. The van der Waals surface area contributed by atoms with Crippen molar-refractivity contribution >= 4 is 21.8 Å². The van der Waals surface area contributed by atoms with Crippen LogP contribution in [-0.4, -0.2) is 23.9 Å². The van der Waals surface area contributed by atoms with Gasteiger partial charge < -0.3 is 10.1 Å². The average molecular weight is 344 g/mol. The van der Waals surface area contributed by atoms with Crippen LogP contribution in [0, 0.1) is 5.82 Å². The second-order valence-electron chi connectivity index (χ2n) is 5.27. The van der Waals surface area contributed by atoms with E-state index in [9.17, 15) is 9.18 Å². The fourth-order valence-electron chi connectivity index (χ4n) is 2.64. The number of alkyl halides is 1. The van der Waals surface area contributed by atoms with Gasteiger partial charge >= 0.3 is 0 Å². The smallest absolute Gasteiger partial charge is 0.254 e. The van der Waals surface area contributed by atoms with Crippen molar-refractivity contribution in [3.8, 4) is 5.75 Å². The molecule has 0 spiro atoms. The fourth-order valence-corrected chi connectivity index (χ4v) is 3.34. The van der Waals surface area contributed by atoms with Gasteiger partial charge in [0.15, 0.2) is 0 Å². The summed E-state index contributed by atoms with van der Waals surface area (Å²) in [5.74, 6) is -0.499. The normalized spacial score (nSPS) is 17.6. The molecular weight excluding hydrogens is 325 g/mol. The highest BCUT2D eigenvalue weighted by molar-refractivity contribution is 9.09. The van der Waals surface area contributed by atoms with Crippen molar-refractivity contribution in [2.45, 2.75) is 37.6 Å². The Labute approximate surface area is 127 Å². The number of rotatable bonds is 4. The lowest BCUT2D eigenvalue weighted by Gasteiger charge is -2.36. The second kappa shape index (κ2) is 6.57. The monoisotopic (exact) mass is 343 g/mol. The molecule has 1 aliphatic carbocycles. The Balaban J connectivity index is 2.14. The first kappa shape index (κ1) is 15.3. The number of ether oxygens (including phenoxy) is 1. The maximum absolute atomic E-state index is 13.9. The molecule has 3 nitrogen and oxygen atoms in total. The van der Waals surface area contributed by atoms with Gasteiger partial charge in [0, 0.05) is 11.4 Å². The van der Waals surface area contributed by atoms with E-state index in [1.165, 1.54) is 25.7 Å². The molecular formula is C15H19BrFNO2. The van der Waals surface area contributed by atoms with Crippen molar-refractivity contribution in [3.63, 3.8) is 0 Å². The molecule has 0 atom stereocenters. The lowest BCUT2D eigenvalue weighted by atomic mass is 9.83. The van der Waals surface area contributed by atoms with Gasteiger partial charge in [-0.1, -0.05) is 35.2 Å². The highest BCUT2D eigenvalue weighted by Crippen LogP contribution is 2.30. The molecule has 0 unspecified atom stereocenters. The number of hydrogen-bond donors (Lipinski definition) is 1. The van der Waals surface area contributed by atoms with Crippen molar-refractivity contribution in [1.82, 2.24) is 5.32 Å². The first-order valence-electron chi connectivity index (χ1n) is 6.82. The van der Waals surface area contributed by atoms with Gasteiger partial charge in [-0.2, -0.15) is 0 Å². The Morgan fingerprint density at radius 2 is 2.10 bits per heavy atom. The van der Waals surface area contributed by atoms with E-state index in [0.717, 1.165) is 25.7 Å². The molecule has 1 amide bonds. The largest absolute Gasteiger partial charge is 0.497 e. The zero-order valence-corrected chi connectivity index (χ0v) is 13.1. The van der Waals surface area contributed by atoms with Gasteiger partial charge in [0.05, 0.1) is 18.2 Å². The van der Waals surface area contributed by atoms with Crippen LogP contribution in [0.5, 0.6) is 5.75 Å². The lowest BCUT2D eigenvalue weighted by molar-refractivity contribution is 0.0882. The third-order valence-corrected chi connectivity index (χ3v) is 4.94. The fraction of sp³-hybridized carbons (Fsp3) is 0.533. The number of carbonyl (C=O) groups excluding carboxylic acids is 1. The van der Waals surface area contributed by atoms with Crippen LogP contribution >= 0.6 is 15.9 Å². The van der Waals surface area contributed by atoms with Gasteiger partial charge in [-0.05, 0) is 25.0 Å². The Kier molecular flexibility index (Phi) is 5.02. The van der Waals surface area contributed by atoms with Crippen LogP contribution in [0.15, 0.2) is 18.2 Å². The summed E-state index contributed by atoms with van der Waals surface area (Å²) in [5, 5.41) is 3.71. The summed E-state index contributed by atoms with van der Waals surface area (Å²) in [5.41, 5.74) is -0.182. The molecule has 1 fully saturated rings. The molecule has 20 heavy (non-hydrogen) atoms. The van der Waals surface area contributed by atoms with Crippen molar-refractivity contribution in [3.05, 3.63) is 29.6 Å². The molecule has 1 aromatic carbocycles.